The lowest BCUT2D eigenvalue weighted by atomic mass is 10.2. The molecule has 19 heavy (non-hydrogen) atoms. The number of fused-ring (bicyclic) bond motifs is 1. The van der Waals surface area contributed by atoms with Crippen molar-refractivity contribution in [2.45, 2.75) is 18.4 Å². The topological polar surface area (TPSA) is 58.5 Å². The number of nitrogens with zero attached hydrogens (tertiary/aromatic N) is 1. The Morgan fingerprint density at radius 2 is 2.00 bits per heavy atom. The van der Waals surface area contributed by atoms with Crippen molar-refractivity contribution in [3.8, 4) is 0 Å². The molecule has 0 aliphatic carbocycles. The fourth-order valence-corrected chi connectivity index (χ4v) is 4.04. The van der Waals surface area contributed by atoms with Crippen molar-refractivity contribution in [2.75, 3.05) is 0 Å². The highest BCUT2D eigenvalue weighted by molar-refractivity contribution is 7.90. The van der Waals surface area contributed by atoms with Crippen molar-refractivity contribution in [1.29, 1.82) is 0 Å². The summed E-state index contributed by atoms with van der Waals surface area (Å²) in [6, 6.07) is 10.9. The predicted octanol–water partition coefficient (Wildman–Crippen LogP) is 2.30. The second kappa shape index (κ2) is 4.47. The third kappa shape index (κ3) is 2.29. The number of aryl methyl sites for hydroxylation is 1. The summed E-state index contributed by atoms with van der Waals surface area (Å²) in [7, 11) is -3.43. The van der Waals surface area contributed by atoms with E-state index in [9.17, 15) is 8.42 Å². The number of benzene rings is 1. The van der Waals surface area contributed by atoms with Crippen molar-refractivity contribution in [2.24, 2.45) is 4.99 Å². The molecule has 1 N–H and O–H groups in total. The minimum Gasteiger partial charge on any atom is -0.263 e. The van der Waals surface area contributed by atoms with Crippen LogP contribution in [0.5, 0.6) is 0 Å². The largest absolute Gasteiger partial charge is 0.263 e. The fourth-order valence-electron chi connectivity index (χ4n) is 1.98. The van der Waals surface area contributed by atoms with Gasteiger partial charge >= 0.3 is 0 Å². The van der Waals surface area contributed by atoms with Crippen LogP contribution in [0, 0.1) is 6.92 Å². The first-order valence-electron chi connectivity index (χ1n) is 5.78. The normalized spacial score (nSPS) is 18.3. The van der Waals surface area contributed by atoms with Gasteiger partial charge in [-0.2, -0.15) is 0 Å². The van der Waals surface area contributed by atoms with E-state index in [1.165, 1.54) is 4.88 Å². The van der Waals surface area contributed by atoms with E-state index in [0.717, 1.165) is 4.88 Å². The molecular formula is C13H12N2O2S2. The average Bonchev–Trinajstić information content (AvgIpc) is 2.90. The molecule has 0 bridgehead atoms. The van der Waals surface area contributed by atoms with Gasteiger partial charge in [-0.1, -0.05) is 12.1 Å². The summed E-state index contributed by atoms with van der Waals surface area (Å²) in [5, 5.41) is 0. The van der Waals surface area contributed by atoms with E-state index in [-0.39, 0.29) is 0 Å². The van der Waals surface area contributed by atoms with Crippen LogP contribution >= 0.6 is 11.3 Å². The SMILES string of the molecule is Cc1ccc(CN=C2NS(=O)(=O)c3ccccc32)s1. The molecule has 2 aromatic rings. The van der Waals surface area contributed by atoms with Crippen LogP contribution in [0.15, 0.2) is 46.3 Å². The highest BCUT2D eigenvalue weighted by Crippen LogP contribution is 2.23. The fraction of sp³-hybridized carbons (Fsp3) is 0.154. The van der Waals surface area contributed by atoms with Crippen LogP contribution in [0.25, 0.3) is 0 Å². The average molecular weight is 292 g/mol. The van der Waals surface area contributed by atoms with Crippen LogP contribution in [-0.2, 0) is 16.6 Å². The lowest BCUT2D eigenvalue weighted by molar-refractivity contribution is 0.595. The van der Waals surface area contributed by atoms with E-state index in [1.54, 1.807) is 29.5 Å². The number of sulfonamides is 1. The third-order valence-corrected chi connectivity index (χ3v) is 5.23. The summed E-state index contributed by atoms with van der Waals surface area (Å²) in [6.07, 6.45) is 0. The minimum atomic E-state index is -3.43. The molecule has 1 aromatic heterocycles. The van der Waals surface area contributed by atoms with Gasteiger partial charge in [-0.25, -0.2) is 8.42 Å². The van der Waals surface area contributed by atoms with Gasteiger partial charge in [0.2, 0.25) is 0 Å². The number of thiophene rings is 1. The molecule has 0 atom stereocenters. The predicted molar refractivity (Wildman–Crippen MR) is 76.1 cm³/mol. The maximum Gasteiger partial charge on any atom is 0.263 e. The molecule has 1 aliphatic heterocycles. The van der Waals surface area contributed by atoms with Crippen molar-refractivity contribution in [1.82, 2.24) is 4.72 Å². The second-order valence-electron chi connectivity index (χ2n) is 4.28. The van der Waals surface area contributed by atoms with Crippen molar-refractivity contribution in [3.63, 3.8) is 0 Å². The molecule has 0 saturated carbocycles. The Balaban J connectivity index is 1.95. The smallest absolute Gasteiger partial charge is 0.263 e. The van der Waals surface area contributed by atoms with Crippen LogP contribution in [0.2, 0.25) is 0 Å². The maximum absolute atomic E-state index is 11.9. The van der Waals surface area contributed by atoms with Gasteiger partial charge in [0.1, 0.15) is 5.84 Å². The van der Waals surface area contributed by atoms with Gasteiger partial charge in [0.15, 0.2) is 0 Å². The second-order valence-corrected chi connectivity index (χ2v) is 7.30. The molecule has 0 spiro atoms. The zero-order valence-corrected chi connectivity index (χ0v) is 11.9. The Morgan fingerprint density at radius 3 is 2.74 bits per heavy atom. The number of amidine groups is 1. The van der Waals surface area contributed by atoms with Crippen LogP contribution < -0.4 is 4.72 Å². The first-order valence-corrected chi connectivity index (χ1v) is 8.08. The lowest BCUT2D eigenvalue weighted by Crippen LogP contribution is -2.22. The number of aliphatic imine (C=N–C) groups is 1. The van der Waals surface area contributed by atoms with Gasteiger partial charge < -0.3 is 0 Å². The zero-order chi connectivity index (χ0) is 13.5. The van der Waals surface area contributed by atoms with E-state index < -0.39 is 10.0 Å². The van der Waals surface area contributed by atoms with Gasteiger partial charge in [0, 0.05) is 15.3 Å². The Labute approximate surface area is 115 Å². The highest BCUT2D eigenvalue weighted by atomic mass is 32.2. The number of hydrogen-bond acceptors (Lipinski definition) is 4. The van der Waals surface area contributed by atoms with Crippen molar-refractivity contribution >= 4 is 27.2 Å². The number of nitrogens with one attached hydrogen (secondary N) is 1. The standard InChI is InChI=1S/C13H12N2O2S2/c1-9-6-7-10(18-9)8-14-13-11-4-2-3-5-12(11)19(16,17)15-13/h2-7H,8H2,1H3,(H,14,15). The van der Waals surface area contributed by atoms with Gasteiger partial charge in [0.05, 0.1) is 11.4 Å². The molecule has 2 heterocycles. The molecule has 3 rings (SSSR count). The molecule has 6 heteroatoms. The van der Waals surface area contributed by atoms with Crippen LogP contribution in [0.3, 0.4) is 0 Å². The van der Waals surface area contributed by atoms with Gasteiger partial charge in [-0.05, 0) is 31.2 Å². The molecule has 0 saturated heterocycles. The maximum atomic E-state index is 11.9. The summed E-state index contributed by atoms with van der Waals surface area (Å²) in [4.78, 5) is 7.03. The Morgan fingerprint density at radius 1 is 1.21 bits per heavy atom. The summed E-state index contributed by atoms with van der Waals surface area (Å²) in [6.45, 7) is 2.53. The first kappa shape index (κ1) is 12.4. The van der Waals surface area contributed by atoms with E-state index in [4.69, 9.17) is 0 Å². The Kier molecular flexibility index (Phi) is 2.91. The van der Waals surface area contributed by atoms with E-state index in [0.29, 0.717) is 22.8 Å². The third-order valence-electron chi connectivity index (χ3n) is 2.85. The van der Waals surface area contributed by atoms with Crippen molar-refractivity contribution < 1.29 is 8.42 Å². The summed E-state index contributed by atoms with van der Waals surface area (Å²) in [5.41, 5.74) is 0.649. The van der Waals surface area contributed by atoms with E-state index >= 15 is 0 Å². The van der Waals surface area contributed by atoms with Crippen LogP contribution in [0.4, 0.5) is 0 Å². The van der Waals surface area contributed by atoms with E-state index in [1.807, 2.05) is 25.1 Å². The summed E-state index contributed by atoms with van der Waals surface area (Å²) < 4.78 is 26.3. The van der Waals surface area contributed by atoms with E-state index in [2.05, 4.69) is 9.71 Å². The number of hydrogen-bond donors (Lipinski definition) is 1. The van der Waals surface area contributed by atoms with Gasteiger partial charge in [-0.3, -0.25) is 9.71 Å². The van der Waals surface area contributed by atoms with Crippen molar-refractivity contribution in [3.05, 3.63) is 51.7 Å². The molecule has 0 radical (unpaired) electrons. The molecule has 4 nitrogen and oxygen atoms in total. The quantitative estimate of drug-likeness (QED) is 0.923. The van der Waals surface area contributed by atoms with Gasteiger partial charge in [0.25, 0.3) is 10.0 Å². The lowest BCUT2D eigenvalue weighted by Gasteiger charge is -1.97. The Bertz CT molecular complexity index is 760. The van der Waals surface area contributed by atoms with Crippen LogP contribution in [0.1, 0.15) is 15.3 Å². The zero-order valence-electron chi connectivity index (χ0n) is 10.3. The molecule has 1 aromatic carbocycles. The molecular weight excluding hydrogens is 280 g/mol. The molecule has 1 aliphatic rings. The molecule has 0 fully saturated rings. The first-order chi connectivity index (χ1) is 9.06. The monoisotopic (exact) mass is 292 g/mol. The van der Waals surface area contributed by atoms with Gasteiger partial charge in [-0.15, -0.1) is 11.3 Å². The van der Waals surface area contributed by atoms with Crippen LogP contribution in [-0.4, -0.2) is 14.3 Å². The molecule has 0 unspecified atom stereocenters. The summed E-state index contributed by atoms with van der Waals surface area (Å²) in [5.74, 6) is 0.432. The minimum absolute atomic E-state index is 0.302. The Hall–Kier alpha value is -1.66. The molecule has 98 valence electrons. The number of rotatable bonds is 2. The summed E-state index contributed by atoms with van der Waals surface area (Å²) >= 11 is 1.67. The highest BCUT2D eigenvalue weighted by Gasteiger charge is 2.29. The molecule has 0 amide bonds.